The molecule has 0 bridgehead atoms. The average molecular weight is 203 g/mol. The summed E-state index contributed by atoms with van der Waals surface area (Å²) in [6.07, 6.45) is 0. The fourth-order valence-corrected chi connectivity index (χ4v) is 0.894. The second-order valence-corrected chi connectivity index (χ2v) is 2.47. The van der Waals surface area contributed by atoms with Crippen LogP contribution < -0.4 is 9.39 Å². The van der Waals surface area contributed by atoms with Crippen molar-refractivity contribution in [3.63, 3.8) is 0 Å². The van der Waals surface area contributed by atoms with Crippen LogP contribution in [0.1, 0.15) is 0 Å². The molecule has 0 amide bonds. The summed E-state index contributed by atoms with van der Waals surface area (Å²) in [5, 5.41) is 17.3. The van der Waals surface area contributed by atoms with Crippen molar-refractivity contribution in [1.82, 2.24) is 4.98 Å². The normalized spacial score (nSPS) is 9.54. The Hall–Kier alpha value is -0.975. The van der Waals surface area contributed by atoms with Gasteiger partial charge in [-0.1, -0.05) is 11.6 Å². The summed E-state index contributed by atoms with van der Waals surface area (Å²) in [4.78, 5) is 3.74. The Labute approximate surface area is 80.1 Å². The van der Waals surface area contributed by atoms with E-state index < -0.39 is 7.32 Å². The van der Waals surface area contributed by atoms with Crippen molar-refractivity contribution in [2.75, 3.05) is 7.11 Å². The zero-order valence-corrected chi connectivity index (χ0v) is 7.52. The summed E-state index contributed by atoms with van der Waals surface area (Å²) in [7, 11) is -0.535. The summed E-state index contributed by atoms with van der Waals surface area (Å²) in [6, 6.07) is 2.87. The van der Waals surface area contributed by atoms with Gasteiger partial charge in [0.05, 0.1) is 7.11 Å². The maximum absolute atomic E-state index is 8.51. The summed E-state index contributed by atoms with van der Waals surface area (Å²) >= 11 is 5.56. The first kappa shape index (κ1) is 10.1. The first-order valence-corrected chi connectivity index (χ1v) is 3.74. The predicted molar refractivity (Wildman–Crippen MR) is 46.6 cm³/mol. The Morgan fingerprint density at radius 3 is 2.69 bits per heavy atom. The Morgan fingerprint density at radius 1 is 1.46 bits per heavy atom. The maximum atomic E-state index is 8.51. The highest BCUT2D eigenvalue weighted by Gasteiger charge is 2.15. The van der Waals surface area contributed by atoms with Gasteiger partial charge in [0.25, 0.3) is 5.88 Å². The third-order valence-electron chi connectivity index (χ3n) is 1.22. The van der Waals surface area contributed by atoms with Gasteiger partial charge >= 0.3 is 7.32 Å². The van der Waals surface area contributed by atoms with E-state index >= 15 is 0 Å². The lowest BCUT2D eigenvalue weighted by molar-refractivity contribution is 0.277. The molecule has 0 saturated carbocycles. The molecule has 0 radical (unpaired) electrons. The fourth-order valence-electron chi connectivity index (χ4n) is 0.755. The quantitative estimate of drug-likeness (QED) is 0.538. The minimum absolute atomic E-state index is 0.0978. The van der Waals surface area contributed by atoms with Crippen LogP contribution in [0.5, 0.6) is 11.6 Å². The number of nitrogens with zero attached hydrogens (tertiary/aromatic N) is 1. The van der Waals surface area contributed by atoms with Crippen LogP contribution >= 0.6 is 11.6 Å². The van der Waals surface area contributed by atoms with Gasteiger partial charge in [-0.05, 0) is 12.1 Å². The molecule has 13 heavy (non-hydrogen) atoms. The van der Waals surface area contributed by atoms with Gasteiger partial charge in [0.2, 0.25) is 0 Å². The van der Waals surface area contributed by atoms with Gasteiger partial charge in [0.15, 0.2) is 5.75 Å². The molecule has 7 heteroatoms. The van der Waals surface area contributed by atoms with Crippen LogP contribution in [0.4, 0.5) is 0 Å². The molecule has 1 rings (SSSR count). The number of aromatic nitrogens is 1. The van der Waals surface area contributed by atoms with Crippen molar-refractivity contribution in [1.29, 1.82) is 0 Å². The fraction of sp³-hybridized carbons (Fsp3) is 0.167. The maximum Gasteiger partial charge on any atom is 0.707 e. The number of methoxy groups -OCH3 is 1. The lowest BCUT2D eigenvalue weighted by Gasteiger charge is -2.08. The Kier molecular flexibility index (Phi) is 3.35. The summed E-state index contributed by atoms with van der Waals surface area (Å²) in [6.45, 7) is 0. The molecule has 0 aliphatic carbocycles. The van der Waals surface area contributed by atoms with Gasteiger partial charge in [-0.25, -0.2) is 0 Å². The van der Waals surface area contributed by atoms with Gasteiger partial charge in [-0.3, -0.25) is 0 Å². The van der Waals surface area contributed by atoms with E-state index in [4.69, 9.17) is 26.4 Å². The van der Waals surface area contributed by atoms with Gasteiger partial charge < -0.3 is 19.4 Å². The Morgan fingerprint density at radius 2 is 2.15 bits per heavy atom. The summed E-state index contributed by atoms with van der Waals surface area (Å²) in [5.41, 5.74) is 0. The van der Waals surface area contributed by atoms with E-state index in [1.807, 2.05) is 0 Å². The lowest BCUT2D eigenvalue weighted by atomic mass is 10.2. The molecule has 1 aromatic heterocycles. The molecule has 70 valence electrons. The number of hydrogen-bond acceptors (Lipinski definition) is 5. The zero-order valence-electron chi connectivity index (χ0n) is 6.77. The zero-order chi connectivity index (χ0) is 9.84. The minimum Gasteiger partial charge on any atom is -0.508 e. The largest absolute Gasteiger partial charge is 0.707 e. The van der Waals surface area contributed by atoms with E-state index in [9.17, 15) is 0 Å². The van der Waals surface area contributed by atoms with Crippen molar-refractivity contribution in [3.05, 3.63) is 17.3 Å². The minimum atomic E-state index is -1.91. The van der Waals surface area contributed by atoms with E-state index in [-0.39, 0.29) is 16.8 Å². The van der Waals surface area contributed by atoms with Crippen molar-refractivity contribution < 1.29 is 19.4 Å². The third kappa shape index (κ3) is 2.76. The van der Waals surface area contributed by atoms with E-state index in [1.165, 1.54) is 19.2 Å². The van der Waals surface area contributed by atoms with Crippen LogP contribution in [0.25, 0.3) is 0 Å². The number of rotatable bonds is 3. The molecule has 0 fully saturated rings. The van der Waals surface area contributed by atoms with Crippen molar-refractivity contribution in [2.45, 2.75) is 0 Å². The van der Waals surface area contributed by atoms with E-state index in [1.54, 1.807) is 0 Å². The highest BCUT2D eigenvalue weighted by molar-refractivity contribution is 6.34. The molecule has 0 atom stereocenters. The molecule has 5 nitrogen and oxygen atoms in total. The lowest BCUT2D eigenvalue weighted by Crippen LogP contribution is -2.21. The Balaban J connectivity index is 2.92. The first-order chi connectivity index (χ1) is 6.13. The molecule has 0 aromatic carbocycles. The number of pyridine rings is 1. The van der Waals surface area contributed by atoms with E-state index in [2.05, 4.69) is 9.64 Å². The van der Waals surface area contributed by atoms with Crippen LogP contribution in [-0.2, 0) is 0 Å². The molecule has 1 aromatic rings. The van der Waals surface area contributed by atoms with E-state index in [0.717, 1.165) is 0 Å². The van der Waals surface area contributed by atoms with Crippen LogP contribution in [-0.4, -0.2) is 29.5 Å². The van der Waals surface area contributed by atoms with Gasteiger partial charge in [-0.15, -0.1) is 0 Å². The van der Waals surface area contributed by atoms with Crippen molar-refractivity contribution in [3.8, 4) is 11.6 Å². The molecule has 2 N–H and O–H groups in total. The van der Waals surface area contributed by atoms with Crippen molar-refractivity contribution in [2.24, 2.45) is 0 Å². The van der Waals surface area contributed by atoms with Gasteiger partial charge in [0, 0.05) is 0 Å². The molecule has 0 spiro atoms. The highest BCUT2D eigenvalue weighted by Crippen LogP contribution is 2.26. The van der Waals surface area contributed by atoms with Crippen LogP contribution in [0.15, 0.2) is 12.1 Å². The molecule has 1 heterocycles. The molecule has 0 aliphatic rings. The SMILES string of the molecule is COc1nc(Cl)ccc1OB(O)O. The third-order valence-corrected chi connectivity index (χ3v) is 1.43. The number of ether oxygens (including phenoxy) is 1. The second-order valence-electron chi connectivity index (χ2n) is 2.09. The smallest absolute Gasteiger partial charge is 0.508 e. The second kappa shape index (κ2) is 4.31. The number of hydrogen-bond donors (Lipinski definition) is 2. The molecular formula is C6H7BClNO4. The topological polar surface area (TPSA) is 71.8 Å². The molecule has 0 unspecified atom stereocenters. The molecule has 0 saturated heterocycles. The van der Waals surface area contributed by atoms with Crippen molar-refractivity contribution >= 4 is 18.9 Å². The molecular weight excluding hydrogens is 196 g/mol. The van der Waals surface area contributed by atoms with Gasteiger partial charge in [-0.2, -0.15) is 4.98 Å². The van der Waals surface area contributed by atoms with Crippen LogP contribution in [0.3, 0.4) is 0 Å². The average Bonchev–Trinajstić information content (AvgIpc) is 2.07. The summed E-state index contributed by atoms with van der Waals surface area (Å²) in [5.74, 6) is 0.211. The summed E-state index contributed by atoms with van der Waals surface area (Å²) < 4.78 is 9.34. The Bertz CT molecular complexity index is 296. The van der Waals surface area contributed by atoms with Crippen LogP contribution in [0.2, 0.25) is 5.15 Å². The number of halogens is 1. The molecule has 0 aliphatic heterocycles. The first-order valence-electron chi connectivity index (χ1n) is 3.37. The van der Waals surface area contributed by atoms with Crippen LogP contribution in [0, 0.1) is 0 Å². The predicted octanol–water partition coefficient (Wildman–Crippen LogP) is 0.0919. The highest BCUT2D eigenvalue weighted by atomic mass is 35.5. The monoisotopic (exact) mass is 203 g/mol. The van der Waals surface area contributed by atoms with Gasteiger partial charge in [0.1, 0.15) is 5.15 Å². The van der Waals surface area contributed by atoms with E-state index in [0.29, 0.717) is 0 Å². The standard InChI is InChI=1S/C6H7BClNO4/c1-12-6-4(13-7(10)11)2-3-5(8)9-6/h2-3,10-11H,1H3.